The van der Waals surface area contributed by atoms with E-state index in [2.05, 4.69) is 15.0 Å². The van der Waals surface area contributed by atoms with Gasteiger partial charge in [0.2, 0.25) is 20.1 Å². The third-order valence-electron chi connectivity index (χ3n) is 1.22. The summed E-state index contributed by atoms with van der Waals surface area (Å²) in [4.78, 5) is 22.2. The van der Waals surface area contributed by atoms with Crippen LogP contribution in [0.1, 0.15) is 0 Å². The van der Waals surface area contributed by atoms with Gasteiger partial charge in [0.05, 0.1) is 6.61 Å². The molecule has 1 amide bonds. The molecule has 4 N–H and O–H groups in total. The molecule has 0 heterocycles. The first-order valence-corrected chi connectivity index (χ1v) is 7.35. The molecule has 0 aromatic carbocycles. The summed E-state index contributed by atoms with van der Waals surface area (Å²) in [6.45, 7) is 3.93. The van der Waals surface area contributed by atoms with E-state index in [-0.39, 0.29) is 6.61 Å². The summed E-state index contributed by atoms with van der Waals surface area (Å²) in [5.74, 6) is 0. The van der Waals surface area contributed by atoms with E-state index in [1.165, 1.54) is 20.2 Å². The average Bonchev–Trinajstić information content (AvgIpc) is 2.50. The Kier molecular flexibility index (Phi) is 31.8. The molecule has 0 saturated heterocycles. The highest BCUT2D eigenvalue weighted by Crippen LogP contribution is 1.93. The number of carbonyl (C=O) groups excluding carboxylic acids is 2. The van der Waals surface area contributed by atoms with Gasteiger partial charge < -0.3 is 15.2 Å². The summed E-state index contributed by atoms with van der Waals surface area (Å²) in [6.07, 6.45) is 2.17. The molecule has 0 atom stereocenters. The van der Waals surface area contributed by atoms with Gasteiger partial charge in [0, 0.05) is 20.7 Å². The van der Waals surface area contributed by atoms with Gasteiger partial charge in [-0.1, -0.05) is 16.5 Å². The second-order valence-electron chi connectivity index (χ2n) is 2.63. The molecule has 0 aromatic rings. The summed E-state index contributed by atoms with van der Waals surface area (Å²) < 4.78 is 4.62. The van der Waals surface area contributed by atoms with Crippen molar-refractivity contribution in [2.24, 2.45) is 4.99 Å². The van der Waals surface area contributed by atoms with E-state index in [9.17, 15) is 4.79 Å². The van der Waals surface area contributed by atoms with Gasteiger partial charge in [-0.25, -0.2) is 14.6 Å². The molecule has 12 heteroatoms. The Bertz CT molecular complexity index is 294. The second-order valence-corrected chi connectivity index (χ2v) is 3.87. The Balaban J connectivity index is -0.000000246. The van der Waals surface area contributed by atoms with Crippen molar-refractivity contribution in [2.75, 3.05) is 27.3 Å². The molecule has 0 spiro atoms. The van der Waals surface area contributed by atoms with Crippen LogP contribution in [0.2, 0.25) is 12.6 Å². The molecule has 0 aliphatic heterocycles. The first-order valence-electron chi connectivity index (χ1n) is 5.42. The topological polar surface area (TPSA) is 136 Å². The third kappa shape index (κ3) is 36.0. The van der Waals surface area contributed by atoms with Crippen molar-refractivity contribution >= 4 is 42.7 Å². The summed E-state index contributed by atoms with van der Waals surface area (Å²) >= 11 is 0. The van der Waals surface area contributed by atoms with E-state index in [1.807, 2.05) is 0 Å². The Morgan fingerprint density at radius 3 is 2.20 bits per heavy atom. The van der Waals surface area contributed by atoms with E-state index in [0.29, 0.717) is 35.7 Å². The highest BCUT2D eigenvalue weighted by atomic mass is 31.1. The molecule has 0 fully saturated rings. The van der Waals surface area contributed by atoms with Gasteiger partial charge in [0.15, 0.2) is 0 Å². The van der Waals surface area contributed by atoms with Crippen LogP contribution in [0.25, 0.3) is 0 Å². The molecular formula is C8H18B2N4O4P2. The number of hydrogen-bond acceptors (Lipinski definition) is 7. The lowest BCUT2D eigenvalue weighted by Crippen LogP contribution is -2.19. The Morgan fingerprint density at radius 1 is 1.40 bits per heavy atom. The fraction of sp³-hybridized carbons (Fsp3) is 0.750. The minimum Gasteiger partial charge on any atom is -0.450 e. The zero-order valence-electron chi connectivity index (χ0n) is 11.5. The van der Waals surface area contributed by atoms with Crippen LogP contribution in [0.4, 0.5) is 4.79 Å². The number of carbonyl (C=O) groups is 1. The van der Waals surface area contributed by atoms with Crippen LogP contribution in [0.3, 0.4) is 0 Å². The van der Waals surface area contributed by atoms with Crippen molar-refractivity contribution in [1.82, 2.24) is 5.32 Å². The molecule has 0 unspecified atom stereocenters. The fourth-order valence-electron chi connectivity index (χ4n) is 0.463. The zero-order valence-corrected chi connectivity index (χ0v) is 13.3. The average molecular weight is 318 g/mol. The predicted octanol–water partition coefficient (Wildman–Crippen LogP) is 1.77. The summed E-state index contributed by atoms with van der Waals surface area (Å²) in [6, 6.07) is 0. The molecule has 0 aliphatic rings. The van der Waals surface area contributed by atoms with Crippen molar-refractivity contribution in [3.63, 3.8) is 0 Å². The summed E-state index contributed by atoms with van der Waals surface area (Å²) in [5.41, 5.74) is 0. The highest BCUT2D eigenvalue weighted by Gasteiger charge is 1.95. The quantitative estimate of drug-likeness (QED) is 0.187. The zero-order chi connectivity index (χ0) is 16.1. The van der Waals surface area contributed by atoms with E-state index >= 15 is 0 Å². The Hall–Kier alpha value is -1.06. The maximum absolute atomic E-state index is 10.4. The van der Waals surface area contributed by atoms with Gasteiger partial charge >= 0.3 is 6.09 Å². The molecule has 0 saturated carbocycles. The van der Waals surface area contributed by atoms with Crippen LogP contribution in [0.15, 0.2) is 4.99 Å². The van der Waals surface area contributed by atoms with Crippen LogP contribution in [-0.4, -0.2) is 58.6 Å². The van der Waals surface area contributed by atoms with Crippen molar-refractivity contribution in [2.45, 2.75) is 12.6 Å². The Labute approximate surface area is 123 Å². The molecule has 8 nitrogen and oxygen atoms in total. The first-order chi connectivity index (χ1) is 9.64. The SMILES string of the molecule is CN=C=O.CNC(=O)OCC[B]P=N.N=P[B]CCO. The molecule has 2 radical (unpaired) electrons. The number of aliphatic imine (C=N–C) groups is 1. The number of ether oxygens (including phenoxy) is 1. The van der Waals surface area contributed by atoms with E-state index < -0.39 is 6.09 Å². The van der Waals surface area contributed by atoms with Crippen molar-refractivity contribution in [3.05, 3.63) is 0 Å². The number of aliphatic hydroxyl groups is 1. The van der Waals surface area contributed by atoms with Crippen LogP contribution in [-0.2, 0) is 9.53 Å². The minimum atomic E-state index is -0.421. The predicted molar refractivity (Wildman–Crippen MR) is 81.9 cm³/mol. The number of rotatable bonds is 7. The number of amides is 1. The van der Waals surface area contributed by atoms with Gasteiger partial charge in [-0.05, 0) is 12.6 Å². The smallest absolute Gasteiger partial charge is 0.406 e. The van der Waals surface area contributed by atoms with Gasteiger partial charge in [0.25, 0.3) is 0 Å². The lowest BCUT2D eigenvalue weighted by molar-refractivity contribution is 0.154. The number of hydrogen-bond donors (Lipinski definition) is 4. The van der Waals surface area contributed by atoms with Gasteiger partial charge in [-0.15, -0.1) is 0 Å². The minimum absolute atomic E-state index is 0.172. The molecular weight excluding hydrogens is 300 g/mol. The number of nitrogens with zero attached hydrogens (tertiary/aromatic N) is 1. The van der Waals surface area contributed by atoms with Crippen molar-refractivity contribution in [1.29, 1.82) is 10.3 Å². The molecule has 0 aromatic heterocycles. The normalized spacial score (nSPS) is 7.95. The van der Waals surface area contributed by atoms with E-state index in [4.69, 9.17) is 20.2 Å². The molecule has 20 heavy (non-hydrogen) atoms. The maximum atomic E-state index is 10.4. The molecule has 0 bridgehead atoms. The van der Waals surface area contributed by atoms with Crippen LogP contribution < -0.4 is 5.32 Å². The van der Waals surface area contributed by atoms with Gasteiger partial charge in [0.1, 0.15) is 0 Å². The van der Waals surface area contributed by atoms with E-state index in [0.717, 1.165) is 0 Å². The first kappa shape index (κ1) is 24.0. The highest BCUT2D eigenvalue weighted by molar-refractivity contribution is 7.62. The molecule has 0 rings (SSSR count). The Morgan fingerprint density at radius 2 is 1.90 bits per heavy atom. The summed E-state index contributed by atoms with van der Waals surface area (Å²) in [5, 5.41) is 23.6. The lowest BCUT2D eigenvalue weighted by atomic mass is 10.0. The van der Waals surface area contributed by atoms with Crippen molar-refractivity contribution < 1.29 is 19.4 Å². The number of nitrogens with one attached hydrogen (secondary N) is 3. The number of isocyanates is 1. The van der Waals surface area contributed by atoms with E-state index in [1.54, 1.807) is 14.0 Å². The maximum Gasteiger partial charge on any atom is 0.406 e. The molecule has 0 aliphatic carbocycles. The summed E-state index contributed by atoms with van der Waals surface area (Å²) in [7, 11) is 3.88. The lowest BCUT2D eigenvalue weighted by Gasteiger charge is -1.99. The standard InChI is InChI=1S/C4H9BN2O2P.C2H6BNOP.C2H3NO/c1-7-4(8)9-3-2-5-10-6;4-6-3-1-2-5;1-3-2-4/h6H,2-3H2,1H3,(H,7,8);4-5H,1-2H2;1H3. The fourth-order valence-corrected chi connectivity index (χ4v) is 0.942. The van der Waals surface area contributed by atoms with Crippen LogP contribution >= 0.6 is 16.5 Å². The number of alkyl carbamates (subject to hydrolysis) is 1. The van der Waals surface area contributed by atoms with Gasteiger partial charge in [-0.3, -0.25) is 10.3 Å². The van der Waals surface area contributed by atoms with Crippen LogP contribution in [0, 0.1) is 10.3 Å². The third-order valence-corrected chi connectivity index (χ3v) is 2.10. The molecule has 110 valence electrons. The number of aliphatic hydroxyl groups excluding tert-OH is 1. The second kappa shape index (κ2) is 26.5. The van der Waals surface area contributed by atoms with Crippen molar-refractivity contribution in [3.8, 4) is 0 Å². The largest absolute Gasteiger partial charge is 0.450 e. The van der Waals surface area contributed by atoms with Gasteiger partial charge in [-0.2, -0.15) is 0 Å². The van der Waals surface area contributed by atoms with Crippen LogP contribution in [0.5, 0.6) is 0 Å². The monoisotopic (exact) mass is 318 g/mol.